The summed E-state index contributed by atoms with van der Waals surface area (Å²) in [6.07, 6.45) is 2.00. The van der Waals surface area contributed by atoms with Gasteiger partial charge in [0, 0.05) is 11.1 Å². The minimum atomic E-state index is -3.97. The monoisotopic (exact) mass is 333 g/mol. The highest BCUT2D eigenvalue weighted by Crippen LogP contribution is 2.32. The second-order valence-electron chi connectivity index (χ2n) is 4.34. The predicted molar refractivity (Wildman–Crippen MR) is 79.6 cm³/mol. The molecule has 2 N–H and O–H groups in total. The van der Waals surface area contributed by atoms with Gasteiger partial charge < -0.3 is 9.84 Å². The van der Waals surface area contributed by atoms with Crippen molar-refractivity contribution in [3.05, 3.63) is 35.4 Å². The molecule has 1 atom stereocenters. The van der Waals surface area contributed by atoms with Crippen molar-refractivity contribution in [2.45, 2.75) is 24.3 Å². The van der Waals surface area contributed by atoms with E-state index in [1.54, 1.807) is 13.0 Å². The largest absolute Gasteiger partial charge is 0.494 e. The van der Waals surface area contributed by atoms with E-state index in [1.807, 2.05) is 0 Å². The smallest absolute Gasteiger partial charge is 0.339 e. The summed E-state index contributed by atoms with van der Waals surface area (Å²) in [7, 11) is -2.78. The molecule has 1 aromatic rings. The van der Waals surface area contributed by atoms with Crippen molar-refractivity contribution in [2.24, 2.45) is 0 Å². The van der Waals surface area contributed by atoms with Gasteiger partial charge in [-0.3, -0.25) is 0 Å². The lowest BCUT2D eigenvalue weighted by Gasteiger charge is -2.16. The molecule has 0 radical (unpaired) electrons. The average molecular weight is 334 g/mol. The number of benzene rings is 1. The van der Waals surface area contributed by atoms with E-state index in [0.29, 0.717) is 6.42 Å². The van der Waals surface area contributed by atoms with E-state index in [-0.39, 0.29) is 21.2 Å². The van der Waals surface area contributed by atoms with Gasteiger partial charge in [-0.05, 0) is 25.5 Å². The quantitative estimate of drug-likeness (QED) is 0.747. The van der Waals surface area contributed by atoms with E-state index in [1.165, 1.54) is 7.11 Å². The molecule has 0 aliphatic carbocycles. The molecular weight excluding hydrogens is 318 g/mol. The summed E-state index contributed by atoms with van der Waals surface area (Å²) in [5.74, 6) is -1.59. The molecule has 21 heavy (non-hydrogen) atoms. The van der Waals surface area contributed by atoms with Gasteiger partial charge in [-0.1, -0.05) is 17.7 Å². The van der Waals surface area contributed by atoms with Gasteiger partial charge >= 0.3 is 5.97 Å². The van der Waals surface area contributed by atoms with Crippen LogP contribution >= 0.6 is 11.6 Å². The van der Waals surface area contributed by atoms with Crippen LogP contribution in [-0.2, 0) is 10.0 Å². The second-order valence-corrected chi connectivity index (χ2v) is 6.46. The molecule has 0 bridgehead atoms. The number of rotatable bonds is 7. The maximum Gasteiger partial charge on any atom is 0.339 e. The summed E-state index contributed by atoms with van der Waals surface area (Å²) in [6.45, 7) is 5.19. The van der Waals surface area contributed by atoms with Gasteiger partial charge in [0.15, 0.2) is 5.75 Å². The third kappa shape index (κ3) is 4.20. The minimum absolute atomic E-state index is 0.00931. The Morgan fingerprint density at radius 1 is 1.57 bits per heavy atom. The van der Waals surface area contributed by atoms with Crippen LogP contribution in [0.15, 0.2) is 29.7 Å². The van der Waals surface area contributed by atoms with Gasteiger partial charge in [0.1, 0.15) is 10.5 Å². The van der Waals surface area contributed by atoms with Crippen LogP contribution in [0.25, 0.3) is 0 Å². The normalized spacial score (nSPS) is 12.7. The van der Waals surface area contributed by atoms with E-state index in [4.69, 9.17) is 21.4 Å². The lowest BCUT2D eigenvalue weighted by molar-refractivity contribution is 0.0693. The zero-order chi connectivity index (χ0) is 16.2. The number of carboxylic acid groups (broad SMARTS) is 1. The minimum Gasteiger partial charge on any atom is -0.494 e. The summed E-state index contributed by atoms with van der Waals surface area (Å²) in [5, 5.41) is 9.10. The number of carbonyl (C=O) groups is 1. The number of hydrogen-bond donors (Lipinski definition) is 2. The number of hydrogen-bond acceptors (Lipinski definition) is 4. The van der Waals surface area contributed by atoms with Crippen molar-refractivity contribution in [3.8, 4) is 5.75 Å². The molecule has 0 aliphatic rings. The number of nitrogens with one attached hydrogen (secondary N) is 1. The fourth-order valence-corrected chi connectivity index (χ4v) is 3.52. The predicted octanol–water partition coefficient (Wildman–Crippen LogP) is 2.29. The third-order valence-electron chi connectivity index (χ3n) is 2.62. The zero-order valence-electron chi connectivity index (χ0n) is 11.6. The highest BCUT2D eigenvalue weighted by atomic mass is 35.5. The lowest BCUT2D eigenvalue weighted by atomic mass is 10.2. The van der Waals surface area contributed by atoms with Crippen LogP contribution in [-0.4, -0.2) is 32.6 Å². The molecule has 6 nitrogen and oxygen atoms in total. The first-order valence-corrected chi connectivity index (χ1v) is 7.83. The van der Waals surface area contributed by atoms with Crippen molar-refractivity contribution >= 4 is 27.6 Å². The molecule has 0 amide bonds. The molecule has 0 aromatic heterocycles. The van der Waals surface area contributed by atoms with Crippen LogP contribution in [0.5, 0.6) is 5.75 Å². The molecule has 1 unspecified atom stereocenters. The van der Waals surface area contributed by atoms with E-state index < -0.39 is 22.0 Å². The number of aromatic carboxylic acids is 1. The molecule has 0 aliphatic heterocycles. The Morgan fingerprint density at radius 3 is 2.67 bits per heavy atom. The summed E-state index contributed by atoms with van der Waals surface area (Å²) in [5.41, 5.74) is -0.318. The summed E-state index contributed by atoms with van der Waals surface area (Å²) < 4.78 is 32.0. The van der Waals surface area contributed by atoms with E-state index in [9.17, 15) is 13.2 Å². The van der Waals surface area contributed by atoms with Gasteiger partial charge in [-0.25, -0.2) is 17.9 Å². The molecule has 0 saturated heterocycles. The van der Waals surface area contributed by atoms with Gasteiger partial charge in [-0.15, -0.1) is 6.58 Å². The molecule has 0 heterocycles. The van der Waals surface area contributed by atoms with Crippen LogP contribution in [0.3, 0.4) is 0 Å². The maximum atomic E-state index is 12.3. The van der Waals surface area contributed by atoms with Crippen LogP contribution in [0.2, 0.25) is 5.02 Å². The number of methoxy groups -OCH3 is 1. The Bertz CT molecular complexity index is 657. The van der Waals surface area contributed by atoms with Crippen molar-refractivity contribution in [3.63, 3.8) is 0 Å². The molecular formula is C13H16ClNO5S. The highest BCUT2D eigenvalue weighted by Gasteiger charge is 2.26. The second kappa shape index (κ2) is 6.93. The van der Waals surface area contributed by atoms with E-state index >= 15 is 0 Å². The van der Waals surface area contributed by atoms with Gasteiger partial charge in [0.05, 0.1) is 7.11 Å². The fraction of sp³-hybridized carbons (Fsp3) is 0.308. The van der Waals surface area contributed by atoms with Crippen LogP contribution in [0, 0.1) is 0 Å². The molecule has 0 saturated carbocycles. The molecule has 0 spiro atoms. The van der Waals surface area contributed by atoms with Gasteiger partial charge in [-0.2, -0.15) is 0 Å². The van der Waals surface area contributed by atoms with Crippen molar-refractivity contribution in [1.82, 2.24) is 4.72 Å². The Labute approximate surface area is 128 Å². The number of halogens is 1. The number of carboxylic acids is 1. The summed E-state index contributed by atoms with van der Waals surface area (Å²) in [6, 6.07) is 1.88. The van der Waals surface area contributed by atoms with Gasteiger partial charge in [0.2, 0.25) is 10.0 Å². The number of sulfonamides is 1. The van der Waals surface area contributed by atoms with Crippen LogP contribution in [0.1, 0.15) is 23.7 Å². The zero-order valence-corrected chi connectivity index (χ0v) is 13.2. The third-order valence-corrected chi connectivity index (χ3v) is 4.43. The molecule has 1 rings (SSSR count). The molecule has 1 aromatic carbocycles. The SMILES string of the molecule is C=CCC(C)NS(=O)(=O)c1cc(Cl)cc(C(=O)O)c1OC. The van der Waals surface area contributed by atoms with Crippen LogP contribution in [0.4, 0.5) is 0 Å². The summed E-state index contributed by atoms with van der Waals surface area (Å²) in [4.78, 5) is 10.9. The molecule has 116 valence electrons. The van der Waals surface area contributed by atoms with Crippen molar-refractivity contribution in [1.29, 1.82) is 0 Å². The van der Waals surface area contributed by atoms with Gasteiger partial charge in [0.25, 0.3) is 0 Å². The fourth-order valence-electron chi connectivity index (χ4n) is 1.76. The average Bonchev–Trinajstić information content (AvgIpc) is 2.37. The Kier molecular flexibility index (Phi) is 5.77. The Hall–Kier alpha value is -1.57. The first-order chi connectivity index (χ1) is 9.72. The molecule has 8 heteroatoms. The van der Waals surface area contributed by atoms with Crippen molar-refractivity contribution in [2.75, 3.05) is 7.11 Å². The highest BCUT2D eigenvalue weighted by molar-refractivity contribution is 7.89. The first-order valence-electron chi connectivity index (χ1n) is 5.97. The van der Waals surface area contributed by atoms with Crippen molar-refractivity contribution < 1.29 is 23.1 Å². The number of ether oxygens (including phenoxy) is 1. The Morgan fingerprint density at radius 2 is 2.19 bits per heavy atom. The maximum absolute atomic E-state index is 12.3. The lowest BCUT2D eigenvalue weighted by Crippen LogP contribution is -2.32. The molecule has 0 fully saturated rings. The van der Waals surface area contributed by atoms with Crippen LogP contribution < -0.4 is 9.46 Å². The van der Waals surface area contributed by atoms with E-state index in [0.717, 1.165) is 12.1 Å². The van der Waals surface area contributed by atoms with E-state index in [2.05, 4.69) is 11.3 Å². The standard InChI is InChI=1S/C13H16ClNO5S/c1-4-5-8(2)15-21(18,19)11-7-9(14)6-10(13(16)17)12(11)20-3/h4,6-8,15H,1,5H2,2-3H3,(H,16,17). The Balaban J connectivity index is 3.41. The summed E-state index contributed by atoms with van der Waals surface area (Å²) >= 11 is 5.80. The first kappa shape index (κ1) is 17.5. The topological polar surface area (TPSA) is 92.7 Å².